The highest BCUT2D eigenvalue weighted by molar-refractivity contribution is 8.04. The number of azo groups is 1. The SMILES string of the molecule is Cc1[nH]n(-c2ccc3c(c2)C(C)CC3)c(=O)c1N=Nc1cccc(C2CC=C(C(=O)O)S2)c1O. The molecule has 0 amide bonds. The fourth-order valence-corrected chi connectivity index (χ4v) is 5.67. The molecule has 9 heteroatoms. The van der Waals surface area contributed by atoms with Crippen LogP contribution in [0, 0.1) is 6.92 Å². The van der Waals surface area contributed by atoms with Crippen molar-refractivity contribution in [2.24, 2.45) is 10.2 Å². The van der Waals surface area contributed by atoms with Crippen LogP contribution in [0.2, 0.25) is 0 Å². The summed E-state index contributed by atoms with van der Waals surface area (Å²) < 4.78 is 1.47. The molecular weight excluding hydrogens is 452 g/mol. The number of para-hydroxylation sites is 1. The van der Waals surface area contributed by atoms with E-state index in [1.807, 2.05) is 6.07 Å². The molecule has 8 nitrogen and oxygen atoms in total. The largest absolute Gasteiger partial charge is 0.505 e. The van der Waals surface area contributed by atoms with E-state index in [1.54, 1.807) is 31.2 Å². The summed E-state index contributed by atoms with van der Waals surface area (Å²) in [6, 6.07) is 11.1. The van der Waals surface area contributed by atoms with E-state index >= 15 is 0 Å². The average Bonchev–Trinajstić information content (AvgIpc) is 3.52. The van der Waals surface area contributed by atoms with Gasteiger partial charge in [-0.3, -0.25) is 9.89 Å². The van der Waals surface area contributed by atoms with Crippen molar-refractivity contribution in [3.63, 3.8) is 0 Å². The minimum atomic E-state index is -0.972. The lowest BCUT2D eigenvalue weighted by Gasteiger charge is -2.12. The molecule has 5 rings (SSSR count). The van der Waals surface area contributed by atoms with Gasteiger partial charge in [0.15, 0.2) is 5.69 Å². The highest BCUT2D eigenvalue weighted by atomic mass is 32.2. The van der Waals surface area contributed by atoms with Gasteiger partial charge in [-0.1, -0.05) is 31.2 Å². The molecule has 0 radical (unpaired) electrons. The number of thioether (sulfide) groups is 1. The number of phenols is 1. The van der Waals surface area contributed by atoms with E-state index in [1.165, 1.54) is 27.6 Å². The van der Waals surface area contributed by atoms with Crippen LogP contribution in [0.3, 0.4) is 0 Å². The van der Waals surface area contributed by atoms with Crippen LogP contribution in [0.15, 0.2) is 62.4 Å². The van der Waals surface area contributed by atoms with Gasteiger partial charge < -0.3 is 10.2 Å². The molecule has 2 heterocycles. The van der Waals surface area contributed by atoms with Gasteiger partial charge in [-0.2, -0.15) is 0 Å². The Labute approximate surface area is 200 Å². The zero-order valence-electron chi connectivity index (χ0n) is 18.8. The normalized spacial score (nSPS) is 19.5. The number of aromatic nitrogens is 2. The number of rotatable bonds is 5. The number of aryl methyl sites for hydroxylation is 2. The number of aliphatic carboxylic acids is 1. The fourth-order valence-electron chi connectivity index (χ4n) is 4.56. The fraction of sp³-hybridized carbons (Fsp3) is 0.280. The van der Waals surface area contributed by atoms with Crippen molar-refractivity contribution in [2.45, 2.75) is 44.3 Å². The van der Waals surface area contributed by atoms with E-state index < -0.39 is 5.97 Å². The molecule has 0 bridgehead atoms. The molecule has 0 fully saturated rings. The third kappa shape index (κ3) is 3.86. The number of carboxylic acids is 1. The van der Waals surface area contributed by atoms with E-state index in [4.69, 9.17) is 0 Å². The lowest BCUT2D eigenvalue weighted by molar-refractivity contribution is -0.131. The first-order valence-corrected chi connectivity index (χ1v) is 12.0. The molecule has 2 unspecified atom stereocenters. The number of hydrogen-bond donors (Lipinski definition) is 3. The van der Waals surface area contributed by atoms with Gasteiger partial charge in [0, 0.05) is 10.8 Å². The highest BCUT2D eigenvalue weighted by Gasteiger charge is 2.26. The van der Waals surface area contributed by atoms with Crippen LogP contribution in [0.5, 0.6) is 5.75 Å². The molecule has 2 aromatic carbocycles. The Balaban J connectivity index is 1.43. The summed E-state index contributed by atoms with van der Waals surface area (Å²) >= 11 is 1.19. The van der Waals surface area contributed by atoms with Gasteiger partial charge in [-0.25, -0.2) is 9.48 Å². The van der Waals surface area contributed by atoms with E-state index in [9.17, 15) is 19.8 Å². The first-order valence-electron chi connectivity index (χ1n) is 11.1. The molecule has 34 heavy (non-hydrogen) atoms. The van der Waals surface area contributed by atoms with E-state index in [0.29, 0.717) is 23.6 Å². The standard InChI is InChI=1S/C25H24N4O4S/c1-13-6-7-15-8-9-16(12-18(13)15)29-24(31)22(14(2)28-29)27-26-19-5-3-4-17(23(19)30)20-10-11-21(34-20)25(32)33/h3-5,8-9,11-13,20,28,30H,6-7,10H2,1-2H3,(H,32,33). The summed E-state index contributed by atoms with van der Waals surface area (Å²) in [6.45, 7) is 3.95. The molecule has 1 aromatic heterocycles. The molecule has 3 aromatic rings. The van der Waals surface area contributed by atoms with Crippen LogP contribution in [-0.2, 0) is 11.2 Å². The number of carboxylic acid groups (broad SMARTS) is 1. The number of benzene rings is 2. The second kappa shape index (κ2) is 8.64. The van der Waals surface area contributed by atoms with E-state index in [0.717, 1.165) is 18.5 Å². The Bertz CT molecular complexity index is 1420. The molecule has 1 aliphatic carbocycles. The monoisotopic (exact) mass is 476 g/mol. The number of allylic oxidation sites excluding steroid dienone is 1. The van der Waals surface area contributed by atoms with Crippen LogP contribution in [0.4, 0.5) is 11.4 Å². The minimum Gasteiger partial charge on any atom is -0.505 e. The van der Waals surface area contributed by atoms with Crippen LogP contribution in [0.1, 0.15) is 53.3 Å². The van der Waals surface area contributed by atoms with Gasteiger partial charge in [0.05, 0.1) is 16.3 Å². The van der Waals surface area contributed by atoms with Crippen molar-refractivity contribution in [2.75, 3.05) is 0 Å². The molecule has 2 atom stereocenters. The molecule has 2 aliphatic rings. The predicted octanol–water partition coefficient (Wildman–Crippen LogP) is 5.79. The van der Waals surface area contributed by atoms with Gasteiger partial charge in [0.1, 0.15) is 11.4 Å². The summed E-state index contributed by atoms with van der Waals surface area (Å²) in [5.41, 5.74) is 4.59. The summed E-state index contributed by atoms with van der Waals surface area (Å²) in [5, 5.41) is 31.1. The number of phenolic OH excluding ortho intramolecular Hbond substituents is 1. The van der Waals surface area contributed by atoms with Crippen molar-refractivity contribution in [1.29, 1.82) is 0 Å². The second-order valence-corrected chi connectivity index (χ2v) is 9.92. The van der Waals surface area contributed by atoms with Gasteiger partial charge in [-0.05, 0) is 61.4 Å². The molecule has 0 spiro atoms. The maximum absolute atomic E-state index is 13.1. The van der Waals surface area contributed by atoms with E-state index in [-0.39, 0.29) is 32.8 Å². The number of aromatic hydroxyl groups is 1. The van der Waals surface area contributed by atoms with Crippen LogP contribution >= 0.6 is 11.8 Å². The third-order valence-electron chi connectivity index (χ3n) is 6.45. The maximum Gasteiger partial charge on any atom is 0.341 e. The molecule has 174 valence electrons. The number of nitrogens with zero attached hydrogens (tertiary/aromatic N) is 3. The minimum absolute atomic E-state index is 0.0649. The van der Waals surface area contributed by atoms with Crippen molar-refractivity contribution in [3.05, 3.63) is 80.1 Å². The third-order valence-corrected chi connectivity index (χ3v) is 7.78. The van der Waals surface area contributed by atoms with Crippen LogP contribution in [-0.4, -0.2) is 26.0 Å². The molecular formula is C25H24N4O4S. The molecule has 1 aliphatic heterocycles. The van der Waals surface area contributed by atoms with Gasteiger partial charge in [0.2, 0.25) is 0 Å². The summed E-state index contributed by atoms with van der Waals surface area (Å²) in [6.07, 6.45) is 4.33. The smallest absolute Gasteiger partial charge is 0.341 e. The Hall–Kier alpha value is -3.59. The highest BCUT2D eigenvalue weighted by Crippen LogP contribution is 2.48. The number of hydrogen-bond acceptors (Lipinski definition) is 6. The van der Waals surface area contributed by atoms with Gasteiger partial charge in [-0.15, -0.1) is 22.0 Å². The van der Waals surface area contributed by atoms with Gasteiger partial charge in [0.25, 0.3) is 5.56 Å². The van der Waals surface area contributed by atoms with Crippen molar-refractivity contribution >= 4 is 29.1 Å². The molecule has 0 saturated carbocycles. The maximum atomic E-state index is 13.1. The molecule has 3 N–H and O–H groups in total. The van der Waals surface area contributed by atoms with Crippen molar-refractivity contribution < 1.29 is 15.0 Å². The number of carbonyl (C=O) groups is 1. The summed E-state index contributed by atoms with van der Waals surface area (Å²) in [5.74, 6) is -0.569. The number of nitrogens with one attached hydrogen (secondary N) is 1. The predicted molar refractivity (Wildman–Crippen MR) is 131 cm³/mol. The van der Waals surface area contributed by atoms with Crippen molar-refractivity contribution in [1.82, 2.24) is 9.78 Å². The van der Waals surface area contributed by atoms with Gasteiger partial charge >= 0.3 is 5.97 Å². The lowest BCUT2D eigenvalue weighted by atomic mass is 10.0. The Morgan fingerprint density at radius 2 is 2.03 bits per heavy atom. The van der Waals surface area contributed by atoms with Crippen molar-refractivity contribution in [3.8, 4) is 11.4 Å². The lowest BCUT2D eigenvalue weighted by Crippen LogP contribution is -2.14. The first kappa shape index (κ1) is 22.2. The average molecular weight is 477 g/mol. The van der Waals surface area contributed by atoms with Crippen LogP contribution < -0.4 is 5.56 Å². The molecule has 0 saturated heterocycles. The zero-order chi connectivity index (χ0) is 24.0. The van der Waals surface area contributed by atoms with E-state index in [2.05, 4.69) is 34.4 Å². The Morgan fingerprint density at radius 1 is 1.21 bits per heavy atom. The number of fused-ring (bicyclic) bond motifs is 1. The Kier molecular flexibility index (Phi) is 5.65. The summed E-state index contributed by atoms with van der Waals surface area (Å²) in [7, 11) is 0. The Morgan fingerprint density at radius 3 is 2.79 bits per heavy atom. The zero-order valence-corrected chi connectivity index (χ0v) is 19.6. The quantitative estimate of drug-likeness (QED) is 0.403. The number of H-pyrrole nitrogens is 1. The topological polar surface area (TPSA) is 120 Å². The first-order chi connectivity index (χ1) is 16.3. The number of aromatic amines is 1. The second-order valence-electron chi connectivity index (χ2n) is 8.68. The summed E-state index contributed by atoms with van der Waals surface area (Å²) in [4.78, 5) is 24.6. The van der Waals surface area contributed by atoms with Crippen LogP contribution in [0.25, 0.3) is 5.69 Å².